The van der Waals surface area contributed by atoms with E-state index in [1.54, 1.807) is 6.07 Å². The molecule has 108 valence electrons. The lowest BCUT2D eigenvalue weighted by Crippen LogP contribution is -2.19. The number of carbonyl (C=O) groups excluding carboxylic acids is 1. The van der Waals surface area contributed by atoms with Crippen LogP contribution in [0, 0.1) is 11.3 Å². The quantitative estimate of drug-likeness (QED) is 0.829. The van der Waals surface area contributed by atoms with Crippen molar-refractivity contribution in [2.45, 2.75) is 25.6 Å². The zero-order chi connectivity index (χ0) is 15.1. The molecule has 2 N–H and O–H groups in total. The number of hydrogen-bond acceptors (Lipinski definition) is 6. The Kier molecular flexibility index (Phi) is 6.52. The van der Waals surface area contributed by atoms with Crippen molar-refractivity contribution < 1.29 is 19.7 Å². The monoisotopic (exact) mass is 295 g/mol. The molecule has 1 rings (SSSR count). The van der Waals surface area contributed by atoms with E-state index in [-0.39, 0.29) is 5.12 Å². The first kappa shape index (κ1) is 16.5. The van der Waals surface area contributed by atoms with E-state index in [4.69, 9.17) is 10.00 Å². The molecular formula is C14H17NO4S. The molecule has 1 aromatic rings. The van der Waals surface area contributed by atoms with E-state index in [1.165, 1.54) is 26.2 Å². The van der Waals surface area contributed by atoms with Crippen molar-refractivity contribution in [1.82, 2.24) is 0 Å². The largest absolute Gasteiger partial charge is 0.495 e. The number of ether oxygens (including phenoxy) is 1. The Morgan fingerprint density at radius 3 is 2.75 bits per heavy atom. The topological polar surface area (TPSA) is 90.5 Å². The third-order valence-electron chi connectivity index (χ3n) is 2.77. The number of nitriles is 1. The van der Waals surface area contributed by atoms with Gasteiger partial charge in [-0.2, -0.15) is 5.26 Å². The van der Waals surface area contributed by atoms with Gasteiger partial charge in [0.15, 0.2) is 5.12 Å². The molecule has 0 saturated carbocycles. The predicted molar refractivity (Wildman–Crippen MR) is 76.4 cm³/mol. The van der Waals surface area contributed by atoms with Crippen LogP contribution in [0.15, 0.2) is 18.2 Å². The summed E-state index contributed by atoms with van der Waals surface area (Å²) in [7, 11) is 1.44. The Labute approximate surface area is 122 Å². The number of methoxy groups -OCH3 is 1. The van der Waals surface area contributed by atoms with Crippen molar-refractivity contribution in [2.75, 3.05) is 12.9 Å². The summed E-state index contributed by atoms with van der Waals surface area (Å²) < 4.78 is 5.06. The van der Waals surface area contributed by atoms with Gasteiger partial charge in [-0.15, -0.1) is 0 Å². The third kappa shape index (κ3) is 4.53. The van der Waals surface area contributed by atoms with Gasteiger partial charge >= 0.3 is 0 Å². The molecule has 2 atom stereocenters. The number of aliphatic hydroxyl groups excluding tert-OH is 2. The number of nitrogens with zero attached hydrogens (tertiary/aromatic N) is 1. The molecule has 0 saturated heterocycles. The average molecular weight is 295 g/mol. The van der Waals surface area contributed by atoms with Gasteiger partial charge < -0.3 is 14.9 Å². The highest BCUT2D eigenvalue weighted by molar-refractivity contribution is 8.13. The lowest BCUT2D eigenvalue weighted by Gasteiger charge is -2.18. The Morgan fingerprint density at radius 2 is 2.20 bits per heavy atom. The number of carbonyl (C=O) groups is 1. The molecule has 0 radical (unpaired) electrons. The number of benzene rings is 1. The van der Waals surface area contributed by atoms with Crippen molar-refractivity contribution in [1.29, 1.82) is 5.26 Å². The zero-order valence-electron chi connectivity index (χ0n) is 11.4. The highest BCUT2D eigenvalue weighted by atomic mass is 32.2. The van der Waals surface area contributed by atoms with Crippen LogP contribution in [0.5, 0.6) is 5.75 Å². The van der Waals surface area contributed by atoms with Crippen molar-refractivity contribution >= 4 is 16.9 Å². The van der Waals surface area contributed by atoms with Crippen LogP contribution in [0.25, 0.3) is 0 Å². The van der Waals surface area contributed by atoms with Crippen molar-refractivity contribution in [3.63, 3.8) is 0 Å². The number of rotatable bonds is 6. The molecule has 1 aromatic carbocycles. The second kappa shape index (κ2) is 7.90. The van der Waals surface area contributed by atoms with Crippen LogP contribution in [0.4, 0.5) is 0 Å². The molecule has 0 aliphatic rings. The predicted octanol–water partition coefficient (Wildman–Crippen LogP) is 1.63. The van der Waals surface area contributed by atoms with Gasteiger partial charge in [-0.05, 0) is 24.1 Å². The summed E-state index contributed by atoms with van der Waals surface area (Å²) in [6.45, 7) is 1.46. The van der Waals surface area contributed by atoms with E-state index in [1.807, 2.05) is 6.07 Å². The smallest absolute Gasteiger partial charge is 0.185 e. The summed E-state index contributed by atoms with van der Waals surface area (Å²) in [5.41, 5.74) is 0.839. The summed E-state index contributed by atoms with van der Waals surface area (Å²) in [4.78, 5) is 10.8. The maximum atomic E-state index is 10.8. The molecule has 0 spiro atoms. The highest BCUT2D eigenvalue weighted by Gasteiger charge is 2.19. The second-order valence-corrected chi connectivity index (χ2v) is 5.48. The zero-order valence-corrected chi connectivity index (χ0v) is 12.2. The van der Waals surface area contributed by atoms with Crippen LogP contribution < -0.4 is 4.74 Å². The molecule has 0 amide bonds. The molecule has 6 heteroatoms. The molecule has 20 heavy (non-hydrogen) atoms. The van der Waals surface area contributed by atoms with Gasteiger partial charge in [0, 0.05) is 12.7 Å². The van der Waals surface area contributed by atoms with E-state index in [9.17, 15) is 15.0 Å². The minimum absolute atomic E-state index is 0.0215. The minimum atomic E-state index is -1.08. The van der Waals surface area contributed by atoms with Gasteiger partial charge in [-0.1, -0.05) is 17.8 Å². The number of thioether (sulfide) groups is 1. The fourth-order valence-corrected chi connectivity index (χ4v) is 2.33. The maximum absolute atomic E-state index is 10.8. The van der Waals surface area contributed by atoms with Crippen molar-refractivity contribution in [3.05, 3.63) is 29.3 Å². The fourth-order valence-electron chi connectivity index (χ4n) is 1.69. The minimum Gasteiger partial charge on any atom is -0.495 e. The van der Waals surface area contributed by atoms with Crippen molar-refractivity contribution in [2.24, 2.45) is 0 Å². The van der Waals surface area contributed by atoms with E-state index in [2.05, 4.69) is 0 Å². The first-order chi connectivity index (χ1) is 9.49. The van der Waals surface area contributed by atoms with Crippen LogP contribution in [-0.4, -0.2) is 34.3 Å². The lowest BCUT2D eigenvalue weighted by molar-refractivity contribution is -0.109. The number of aliphatic hydroxyl groups is 2. The molecule has 5 nitrogen and oxygen atoms in total. The van der Waals surface area contributed by atoms with E-state index >= 15 is 0 Å². The van der Waals surface area contributed by atoms with Crippen LogP contribution in [0.2, 0.25) is 0 Å². The van der Waals surface area contributed by atoms with E-state index in [0.29, 0.717) is 29.1 Å². The Morgan fingerprint density at radius 1 is 1.50 bits per heavy atom. The summed E-state index contributed by atoms with van der Waals surface area (Å²) in [5.74, 6) is 0.801. The first-order valence-electron chi connectivity index (χ1n) is 6.07. The molecule has 0 aromatic heterocycles. The van der Waals surface area contributed by atoms with Gasteiger partial charge in [0.25, 0.3) is 0 Å². The molecule has 0 aliphatic carbocycles. The summed E-state index contributed by atoms with van der Waals surface area (Å²) in [6, 6.07) is 6.62. The van der Waals surface area contributed by atoms with Gasteiger partial charge in [0.05, 0.1) is 18.8 Å². The van der Waals surface area contributed by atoms with E-state index < -0.39 is 12.2 Å². The highest BCUT2D eigenvalue weighted by Crippen LogP contribution is 2.26. The Hall–Kier alpha value is -1.55. The lowest BCUT2D eigenvalue weighted by atomic mass is 10.0. The van der Waals surface area contributed by atoms with Gasteiger partial charge in [-0.25, -0.2) is 0 Å². The van der Waals surface area contributed by atoms with Crippen LogP contribution in [-0.2, 0) is 4.79 Å². The van der Waals surface area contributed by atoms with Gasteiger partial charge in [-0.3, -0.25) is 4.79 Å². The average Bonchev–Trinajstić information content (AvgIpc) is 2.45. The standard InChI is InChI=1S/C14H17NO4S/c1-9(16)20-6-5-12(17)14(18)10-3-4-11(8-15)13(7-10)19-2/h3-4,7,12,14,17-18H,5-6H2,1-2H3. The molecule has 0 fully saturated rings. The second-order valence-electron chi connectivity index (χ2n) is 4.21. The maximum Gasteiger partial charge on any atom is 0.185 e. The van der Waals surface area contributed by atoms with E-state index in [0.717, 1.165) is 11.8 Å². The third-order valence-corrected chi connectivity index (χ3v) is 3.62. The Bertz CT molecular complexity index is 512. The molecule has 0 bridgehead atoms. The van der Waals surface area contributed by atoms with Crippen LogP contribution in [0.3, 0.4) is 0 Å². The fraction of sp³-hybridized carbons (Fsp3) is 0.429. The molecule has 0 heterocycles. The summed E-state index contributed by atoms with van der Waals surface area (Å²) in [5, 5.41) is 28.8. The van der Waals surface area contributed by atoms with Gasteiger partial charge in [0.2, 0.25) is 0 Å². The van der Waals surface area contributed by atoms with Crippen molar-refractivity contribution in [3.8, 4) is 11.8 Å². The normalized spacial score (nSPS) is 13.3. The van der Waals surface area contributed by atoms with Crippen LogP contribution >= 0.6 is 11.8 Å². The summed E-state index contributed by atoms with van der Waals surface area (Å²) in [6.07, 6.45) is -1.75. The molecular weight excluding hydrogens is 278 g/mol. The Balaban J connectivity index is 2.73. The summed E-state index contributed by atoms with van der Waals surface area (Å²) >= 11 is 1.11. The SMILES string of the molecule is COc1cc(C(O)C(O)CCSC(C)=O)ccc1C#N. The number of hydrogen-bond donors (Lipinski definition) is 2. The van der Waals surface area contributed by atoms with Crippen LogP contribution in [0.1, 0.15) is 30.6 Å². The van der Waals surface area contributed by atoms with Gasteiger partial charge in [0.1, 0.15) is 17.9 Å². The molecule has 2 unspecified atom stereocenters. The molecule has 0 aliphatic heterocycles. The first-order valence-corrected chi connectivity index (χ1v) is 7.05.